The van der Waals surface area contributed by atoms with E-state index < -0.39 is 17.3 Å². The fraction of sp³-hybridized carbons (Fsp3) is 0.357. The number of carboxylic acids is 1. The van der Waals surface area contributed by atoms with E-state index >= 15 is 0 Å². The molecule has 6 heteroatoms. The second-order valence-electron chi connectivity index (χ2n) is 4.84. The predicted octanol–water partition coefficient (Wildman–Crippen LogP) is 1.02. The molecule has 20 heavy (non-hydrogen) atoms. The summed E-state index contributed by atoms with van der Waals surface area (Å²) in [6.45, 7) is 3.36. The molecular formula is C14H18N2O4. The molecule has 0 aliphatic rings. The molecule has 0 saturated heterocycles. The van der Waals surface area contributed by atoms with Crippen molar-refractivity contribution >= 4 is 17.8 Å². The highest BCUT2D eigenvalue weighted by atomic mass is 16.4. The smallest absolute Gasteiger partial charge is 0.311 e. The van der Waals surface area contributed by atoms with Gasteiger partial charge in [0, 0.05) is 17.7 Å². The number of benzene rings is 1. The van der Waals surface area contributed by atoms with Crippen LogP contribution < -0.4 is 11.1 Å². The van der Waals surface area contributed by atoms with Crippen LogP contribution >= 0.6 is 0 Å². The minimum atomic E-state index is -0.997. The van der Waals surface area contributed by atoms with E-state index in [1.54, 1.807) is 13.8 Å². The number of hydrogen-bond donors (Lipinski definition) is 3. The Kier molecular flexibility index (Phi) is 4.85. The van der Waals surface area contributed by atoms with Crippen molar-refractivity contribution in [2.24, 2.45) is 11.1 Å². The first-order valence-corrected chi connectivity index (χ1v) is 6.21. The lowest BCUT2D eigenvalue weighted by molar-refractivity contribution is -0.147. The van der Waals surface area contributed by atoms with Gasteiger partial charge in [-0.25, -0.2) is 0 Å². The van der Waals surface area contributed by atoms with Crippen LogP contribution in [0.5, 0.6) is 0 Å². The van der Waals surface area contributed by atoms with Gasteiger partial charge in [-0.05, 0) is 37.6 Å². The molecule has 0 spiro atoms. The largest absolute Gasteiger partial charge is 0.481 e. The van der Waals surface area contributed by atoms with Crippen molar-refractivity contribution in [3.8, 4) is 0 Å². The maximum Gasteiger partial charge on any atom is 0.311 e. The summed E-state index contributed by atoms with van der Waals surface area (Å²) < 4.78 is 0. The van der Waals surface area contributed by atoms with Crippen LogP contribution in [0.15, 0.2) is 24.3 Å². The van der Waals surface area contributed by atoms with Crippen LogP contribution in [0.1, 0.15) is 41.0 Å². The van der Waals surface area contributed by atoms with E-state index in [2.05, 4.69) is 5.32 Å². The zero-order chi connectivity index (χ0) is 15.3. The number of carbonyl (C=O) groups is 3. The normalized spacial score (nSPS) is 13.3. The topological polar surface area (TPSA) is 109 Å². The number of primary amides is 1. The van der Waals surface area contributed by atoms with Crippen LogP contribution in [-0.4, -0.2) is 29.4 Å². The number of aliphatic carboxylic acids is 1. The van der Waals surface area contributed by atoms with Crippen LogP contribution in [-0.2, 0) is 4.79 Å². The van der Waals surface area contributed by atoms with E-state index in [1.165, 1.54) is 24.3 Å². The number of rotatable bonds is 6. The van der Waals surface area contributed by atoms with Crippen molar-refractivity contribution in [3.05, 3.63) is 35.4 Å². The van der Waals surface area contributed by atoms with Crippen molar-refractivity contribution in [1.82, 2.24) is 5.32 Å². The highest BCUT2D eigenvalue weighted by Crippen LogP contribution is 2.20. The number of amides is 2. The highest BCUT2D eigenvalue weighted by Gasteiger charge is 2.31. The Morgan fingerprint density at radius 3 is 2.10 bits per heavy atom. The van der Waals surface area contributed by atoms with Gasteiger partial charge >= 0.3 is 5.97 Å². The molecule has 0 bridgehead atoms. The van der Waals surface area contributed by atoms with E-state index in [0.29, 0.717) is 17.5 Å². The molecule has 1 aromatic rings. The molecule has 0 saturated carbocycles. The standard InChI is InChI=1S/C14H18N2O4/c1-3-14(2,13(19)20)8-16-12(18)10-6-4-9(5-7-10)11(15)17/h4-7H,3,8H2,1-2H3,(H2,15,17)(H,16,18)(H,19,20). The molecule has 1 atom stereocenters. The number of carboxylic acid groups (broad SMARTS) is 1. The third-order valence-corrected chi connectivity index (χ3v) is 3.37. The van der Waals surface area contributed by atoms with E-state index in [-0.39, 0.29) is 12.5 Å². The van der Waals surface area contributed by atoms with E-state index in [4.69, 9.17) is 10.8 Å². The summed E-state index contributed by atoms with van der Waals surface area (Å²) in [5.41, 5.74) is 4.76. The first kappa shape index (κ1) is 15.7. The molecule has 0 fully saturated rings. The molecule has 0 heterocycles. The summed E-state index contributed by atoms with van der Waals surface area (Å²) in [5, 5.41) is 11.7. The lowest BCUT2D eigenvalue weighted by atomic mass is 9.87. The Balaban J connectivity index is 2.72. The molecule has 1 rings (SSSR count). The molecule has 4 N–H and O–H groups in total. The van der Waals surface area contributed by atoms with Gasteiger partial charge in [0.05, 0.1) is 5.41 Å². The van der Waals surface area contributed by atoms with Gasteiger partial charge < -0.3 is 16.2 Å². The summed E-state index contributed by atoms with van der Waals surface area (Å²) in [7, 11) is 0. The van der Waals surface area contributed by atoms with Gasteiger partial charge in [0.1, 0.15) is 0 Å². The summed E-state index contributed by atoms with van der Waals surface area (Å²) in [6.07, 6.45) is 0.406. The van der Waals surface area contributed by atoms with Gasteiger partial charge in [0.25, 0.3) is 5.91 Å². The minimum absolute atomic E-state index is 0.0369. The third kappa shape index (κ3) is 3.57. The van der Waals surface area contributed by atoms with Gasteiger partial charge in [-0.2, -0.15) is 0 Å². The Morgan fingerprint density at radius 1 is 1.20 bits per heavy atom. The van der Waals surface area contributed by atoms with E-state index in [9.17, 15) is 14.4 Å². The molecule has 1 aromatic carbocycles. The van der Waals surface area contributed by atoms with Crippen LogP contribution in [0.4, 0.5) is 0 Å². The Labute approximate surface area is 117 Å². The van der Waals surface area contributed by atoms with Crippen molar-refractivity contribution in [3.63, 3.8) is 0 Å². The highest BCUT2D eigenvalue weighted by molar-refractivity contribution is 5.97. The Hall–Kier alpha value is -2.37. The molecule has 6 nitrogen and oxygen atoms in total. The molecule has 0 aromatic heterocycles. The van der Waals surface area contributed by atoms with Crippen molar-refractivity contribution in [2.45, 2.75) is 20.3 Å². The fourth-order valence-corrected chi connectivity index (χ4v) is 1.52. The lowest BCUT2D eigenvalue weighted by Crippen LogP contribution is -2.40. The molecule has 0 radical (unpaired) electrons. The van der Waals surface area contributed by atoms with E-state index in [0.717, 1.165) is 0 Å². The average molecular weight is 278 g/mol. The number of hydrogen-bond acceptors (Lipinski definition) is 3. The monoisotopic (exact) mass is 278 g/mol. The van der Waals surface area contributed by atoms with Crippen LogP contribution in [0.3, 0.4) is 0 Å². The molecule has 1 unspecified atom stereocenters. The molecular weight excluding hydrogens is 260 g/mol. The predicted molar refractivity (Wildman–Crippen MR) is 73.3 cm³/mol. The number of nitrogens with one attached hydrogen (secondary N) is 1. The summed E-state index contributed by atoms with van der Waals surface area (Å²) in [6, 6.07) is 5.85. The summed E-state index contributed by atoms with van der Waals surface area (Å²) in [4.78, 5) is 33.9. The molecule has 2 amide bonds. The molecule has 108 valence electrons. The summed E-state index contributed by atoms with van der Waals surface area (Å²) in [5.74, 6) is -1.91. The van der Waals surface area contributed by atoms with Crippen LogP contribution in [0.25, 0.3) is 0 Å². The lowest BCUT2D eigenvalue weighted by Gasteiger charge is -2.23. The Morgan fingerprint density at radius 2 is 1.70 bits per heavy atom. The molecule has 0 aliphatic heterocycles. The quantitative estimate of drug-likeness (QED) is 0.721. The maximum absolute atomic E-state index is 11.9. The van der Waals surface area contributed by atoms with Crippen molar-refractivity contribution in [2.75, 3.05) is 6.54 Å². The zero-order valence-corrected chi connectivity index (χ0v) is 11.5. The van der Waals surface area contributed by atoms with Gasteiger partial charge in [0.2, 0.25) is 5.91 Å². The second kappa shape index (κ2) is 6.18. The number of nitrogens with two attached hydrogens (primary N) is 1. The van der Waals surface area contributed by atoms with Gasteiger partial charge in [-0.3, -0.25) is 14.4 Å². The summed E-state index contributed by atoms with van der Waals surface area (Å²) >= 11 is 0. The van der Waals surface area contributed by atoms with Crippen LogP contribution in [0.2, 0.25) is 0 Å². The first-order valence-electron chi connectivity index (χ1n) is 6.21. The minimum Gasteiger partial charge on any atom is -0.481 e. The zero-order valence-electron chi connectivity index (χ0n) is 11.5. The van der Waals surface area contributed by atoms with Crippen molar-refractivity contribution < 1.29 is 19.5 Å². The van der Waals surface area contributed by atoms with Gasteiger partial charge in [0.15, 0.2) is 0 Å². The molecule has 0 aliphatic carbocycles. The fourth-order valence-electron chi connectivity index (χ4n) is 1.52. The Bertz CT molecular complexity index is 524. The van der Waals surface area contributed by atoms with Crippen molar-refractivity contribution in [1.29, 1.82) is 0 Å². The number of carbonyl (C=O) groups excluding carboxylic acids is 2. The SMILES string of the molecule is CCC(C)(CNC(=O)c1ccc(C(N)=O)cc1)C(=O)O. The third-order valence-electron chi connectivity index (χ3n) is 3.37. The first-order chi connectivity index (χ1) is 9.30. The van der Waals surface area contributed by atoms with Crippen LogP contribution in [0, 0.1) is 5.41 Å². The second-order valence-corrected chi connectivity index (χ2v) is 4.84. The maximum atomic E-state index is 11.9. The van der Waals surface area contributed by atoms with Gasteiger partial charge in [-0.1, -0.05) is 6.92 Å². The van der Waals surface area contributed by atoms with Gasteiger partial charge in [-0.15, -0.1) is 0 Å². The van der Waals surface area contributed by atoms with E-state index in [1.807, 2.05) is 0 Å². The average Bonchev–Trinajstić information content (AvgIpc) is 2.44.